The van der Waals surface area contributed by atoms with Gasteiger partial charge in [-0.3, -0.25) is 0 Å². The van der Waals surface area contributed by atoms with Gasteiger partial charge in [0.25, 0.3) is 0 Å². The molecule has 0 fully saturated rings. The predicted octanol–water partition coefficient (Wildman–Crippen LogP) is 2.03. The summed E-state index contributed by atoms with van der Waals surface area (Å²) in [6.45, 7) is 10.2. The molecule has 0 radical (unpaired) electrons. The standard InChI is InChI=1S/C10H23NO/c1-5-6-12-7-10(11)9(4)8(2)3/h8-10H,5-7,11H2,1-4H3. The average molecular weight is 173 g/mol. The zero-order chi connectivity index (χ0) is 9.56. The van der Waals surface area contributed by atoms with Crippen molar-refractivity contribution in [2.45, 2.75) is 40.2 Å². The average Bonchev–Trinajstić information content (AvgIpc) is 2.03. The zero-order valence-corrected chi connectivity index (χ0v) is 8.84. The van der Waals surface area contributed by atoms with Gasteiger partial charge in [0.2, 0.25) is 0 Å². The summed E-state index contributed by atoms with van der Waals surface area (Å²) in [6, 6.07) is 0.191. The Hall–Kier alpha value is -0.0800. The fourth-order valence-corrected chi connectivity index (χ4v) is 1.01. The lowest BCUT2D eigenvalue weighted by Gasteiger charge is -2.22. The van der Waals surface area contributed by atoms with Crippen molar-refractivity contribution in [2.24, 2.45) is 17.6 Å². The third kappa shape index (κ3) is 4.73. The van der Waals surface area contributed by atoms with Gasteiger partial charge in [-0.15, -0.1) is 0 Å². The van der Waals surface area contributed by atoms with E-state index in [1.807, 2.05) is 0 Å². The third-order valence-electron chi connectivity index (χ3n) is 2.39. The highest BCUT2D eigenvalue weighted by Crippen LogP contribution is 2.12. The number of hydrogen-bond donors (Lipinski definition) is 1. The Kier molecular flexibility index (Phi) is 6.39. The van der Waals surface area contributed by atoms with E-state index in [1.165, 1.54) is 0 Å². The molecule has 0 saturated heterocycles. The van der Waals surface area contributed by atoms with E-state index in [9.17, 15) is 0 Å². The highest BCUT2D eigenvalue weighted by molar-refractivity contribution is 4.70. The first-order valence-electron chi connectivity index (χ1n) is 4.92. The normalized spacial score (nSPS) is 16.5. The molecule has 0 aliphatic rings. The summed E-state index contributed by atoms with van der Waals surface area (Å²) in [7, 11) is 0. The molecule has 0 aromatic heterocycles. The van der Waals surface area contributed by atoms with Crippen molar-refractivity contribution >= 4 is 0 Å². The van der Waals surface area contributed by atoms with Gasteiger partial charge >= 0.3 is 0 Å². The molecule has 0 rings (SSSR count). The maximum absolute atomic E-state index is 5.93. The monoisotopic (exact) mass is 173 g/mol. The molecule has 2 heteroatoms. The van der Waals surface area contributed by atoms with Crippen LogP contribution < -0.4 is 5.73 Å². The highest BCUT2D eigenvalue weighted by atomic mass is 16.5. The summed E-state index contributed by atoms with van der Waals surface area (Å²) in [5.74, 6) is 1.19. The number of hydrogen-bond acceptors (Lipinski definition) is 2. The second kappa shape index (κ2) is 6.44. The quantitative estimate of drug-likeness (QED) is 0.624. The van der Waals surface area contributed by atoms with Crippen molar-refractivity contribution in [1.82, 2.24) is 0 Å². The van der Waals surface area contributed by atoms with Gasteiger partial charge < -0.3 is 10.5 Å². The van der Waals surface area contributed by atoms with Gasteiger partial charge in [-0.25, -0.2) is 0 Å². The van der Waals surface area contributed by atoms with E-state index in [1.54, 1.807) is 0 Å². The van der Waals surface area contributed by atoms with Crippen molar-refractivity contribution in [3.05, 3.63) is 0 Å². The molecule has 0 amide bonds. The molecule has 0 aromatic carbocycles. The summed E-state index contributed by atoms with van der Waals surface area (Å²) >= 11 is 0. The fraction of sp³-hybridized carbons (Fsp3) is 1.00. The molecule has 74 valence electrons. The zero-order valence-electron chi connectivity index (χ0n) is 8.84. The summed E-state index contributed by atoms with van der Waals surface area (Å²) in [6.07, 6.45) is 1.07. The van der Waals surface area contributed by atoms with Crippen LogP contribution in [0.4, 0.5) is 0 Å². The van der Waals surface area contributed by atoms with Crippen LogP contribution >= 0.6 is 0 Å². The Bertz CT molecular complexity index is 104. The van der Waals surface area contributed by atoms with Gasteiger partial charge in [0.15, 0.2) is 0 Å². The molecular weight excluding hydrogens is 150 g/mol. The summed E-state index contributed by atoms with van der Waals surface area (Å²) < 4.78 is 5.39. The lowest BCUT2D eigenvalue weighted by Crippen LogP contribution is -2.35. The molecule has 2 N–H and O–H groups in total. The summed E-state index contributed by atoms with van der Waals surface area (Å²) in [5.41, 5.74) is 5.93. The van der Waals surface area contributed by atoms with Gasteiger partial charge in [-0.2, -0.15) is 0 Å². The first-order valence-corrected chi connectivity index (χ1v) is 4.92. The molecule has 0 spiro atoms. The lowest BCUT2D eigenvalue weighted by atomic mass is 9.91. The van der Waals surface area contributed by atoms with Crippen LogP contribution in [0.15, 0.2) is 0 Å². The molecule has 0 aliphatic carbocycles. The Balaban J connectivity index is 3.49. The summed E-state index contributed by atoms with van der Waals surface area (Å²) in [5, 5.41) is 0. The van der Waals surface area contributed by atoms with Crippen LogP contribution in [-0.4, -0.2) is 19.3 Å². The Morgan fingerprint density at radius 1 is 1.25 bits per heavy atom. The Morgan fingerprint density at radius 3 is 2.25 bits per heavy atom. The van der Waals surface area contributed by atoms with E-state index in [2.05, 4.69) is 27.7 Å². The minimum Gasteiger partial charge on any atom is -0.380 e. The first-order chi connectivity index (χ1) is 5.59. The van der Waals surface area contributed by atoms with E-state index in [-0.39, 0.29) is 6.04 Å². The van der Waals surface area contributed by atoms with E-state index in [0.717, 1.165) is 13.0 Å². The smallest absolute Gasteiger partial charge is 0.0620 e. The number of nitrogens with two attached hydrogens (primary N) is 1. The minimum absolute atomic E-state index is 0.191. The van der Waals surface area contributed by atoms with Gasteiger partial charge in [0, 0.05) is 12.6 Å². The van der Waals surface area contributed by atoms with Crippen molar-refractivity contribution in [1.29, 1.82) is 0 Å². The van der Waals surface area contributed by atoms with Crippen LogP contribution in [0.25, 0.3) is 0 Å². The highest BCUT2D eigenvalue weighted by Gasteiger charge is 2.15. The molecular formula is C10H23NO. The van der Waals surface area contributed by atoms with Gasteiger partial charge in [0.05, 0.1) is 6.61 Å². The molecule has 0 saturated carbocycles. The van der Waals surface area contributed by atoms with E-state index in [4.69, 9.17) is 10.5 Å². The maximum Gasteiger partial charge on any atom is 0.0620 e. The van der Waals surface area contributed by atoms with Crippen molar-refractivity contribution in [3.8, 4) is 0 Å². The van der Waals surface area contributed by atoms with Crippen LogP contribution in [0.3, 0.4) is 0 Å². The fourth-order valence-electron chi connectivity index (χ4n) is 1.01. The van der Waals surface area contributed by atoms with Crippen molar-refractivity contribution in [3.63, 3.8) is 0 Å². The minimum atomic E-state index is 0.191. The molecule has 0 aliphatic heterocycles. The third-order valence-corrected chi connectivity index (χ3v) is 2.39. The van der Waals surface area contributed by atoms with Crippen LogP contribution in [0.5, 0.6) is 0 Å². The van der Waals surface area contributed by atoms with E-state index < -0.39 is 0 Å². The number of ether oxygens (including phenoxy) is 1. The SMILES string of the molecule is CCCOCC(N)C(C)C(C)C. The predicted molar refractivity (Wildman–Crippen MR) is 53.1 cm³/mol. The van der Waals surface area contributed by atoms with Gasteiger partial charge in [-0.1, -0.05) is 27.7 Å². The molecule has 2 unspecified atom stereocenters. The van der Waals surface area contributed by atoms with Crippen LogP contribution in [0.2, 0.25) is 0 Å². The molecule has 0 aromatic rings. The number of rotatable bonds is 6. The van der Waals surface area contributed by atoms with Gasteiger partial charge in [0.1, 0.15) is 0 Å². The van der Waals surface area contributed by atoms with E-state index >= 15 is 0 Å². The lowest BCUT2D eigenvalue weighted by molar-refractivity contribution is 0.101. The molecule has 0 bridgehead atoms. The Labute approximate surface area is 76.5 Å². The second-order valence-corrected chi connectivity index (χ2v) is 3.84. The van der Waals surface area contributed by atoms with Crippen LogP contribution in [-0.2, 0) is 4.74 Å². The maximum atomic E-state index is 5.93. The van der Waals surface area contributed by atoms with Gasteiger partial charge in [-0.05, 0) is 18.3 Å². The first kappa shape index (κ1) is 11.9. The second-order valence-electron chi connectivity index (χ2n) is 3.84. The van der Waals surface area contributed by atoms with Crippen molar-refractivity contribution < 1.29 is 4.74 Å². The molecule has 2 atom stereocenters. The molecule has 2 nitrogen and oxygen atoms in total. The summed E-state index contributed by atoms with van der Waals surface area (Å²) in [4.78, 5) is 0. The Morgan fingerprint density at radius 2 is 1.83 bits per heavy atom. The van der Waals surface area contributed by atoms with Crippen molar-refractivity contribution in [2.75, 3.05) is 13.2 Å². The molecule has 0 heterocycles. The topological polar surface area (TPSA) is 35.2 Å². The largest absolute Gasteiger partial charge is 0.380 e. The van der Waals surface area contributed by atoms with Crippen LogP contribution in [0, 0.1) is 11.8 Å². The van der Waals surface area contributed by atoms with Crippen LogP contribution in [0.1, 0.15) is 34.1 Å². The van der Waals surface area contributed by atoms with E-state index in [0.29, 0.717) is 18.4 Å². The molecule has 12 heavy (non-hydrogen) atoms.